The van der Waals surface area contributed by atoms with Crippen LogP contribution in [0.15, 0.2) is 18.2 Å². The van der Waals surface area contributed by atoms with Crippen molar-refractivity contribution in [1.29, 1.82) is 0 Å². The maximum Gasteiger partial charge on any atom is 0.230 e. The molecule has 0 unspecified atom stereocenters. The molecule has 2 saturated carbocycles. The van der Waals surface area contributed by atoms with Crippen molar-refractivity contribution in [3.8, 4) is 0 Å². The smallest absolute Gasteiger partial charge is 0.230 e. The Morgan fingerprint density at radius 2 is 2.00 bits per heavy atom. The minimum atomic E-state index is -0.412. The van der Waals surface area contributed by atoms with E-state index in [1.165, 1.54) is 0 Å². The Morgan fingerprint density at radius 1 is 1.28 bits per heavy atom. The molecule has 2 aliphatic carbocycles. The molecule has 0 radical (unpaired) electrons. The minimum absolute atomic E-state index is 0.139. The summed E-state index contributed by atoms with van der Waals surface area (Å²) in [5.74, 6) is 0.139. The van der Waals surface area contributed by atoms with Gasteiger partial charge in [-0.15, -0.1) is 0 Å². The van der Waals surface area contributed by atoms with Gasteiger partial charge in [-0.1, -0.05) is 35.7 Å². The first-order valence-corrected chi connectivity index (χ1v) is 7.14. The van der Waals surface area contributed by atoms with Crippen LogP contribution in [-0.4, -0.2) is 11.9 Å². The maximum absolute atomic E-state index is 12.4. The van der Waals surface area contributed by atoms with Crippen LogP contribution in [0.25, 0.3) is 0 Å². The zero-order valence-electron chi connectivity index (χ0n) is 10.0. The molecule has 0 spiro atoms. The molecule has 18 heavy (non-hydrogen) atoms. The Bertz CT molecular complexity index is 493. The number of amides is 1. The van der Waals surface area contributed by atoms with E-state index < -0.39 is 5.41 Å². The average molecular weight is 284 g/mol. The molecule has 96 valence electrons. The number of hydrogen-bond donors (Lipinski definition) is 1. The number of carbonyl (C=O) groups is 1. The van der Waals surface area contributed by atoms with Gasteiger partial charge in [0.2, 0.25) is 5.91 Å². The zero-order chi connectivity index (χ0) is 12.8. The van der Waals surface area contributed by atoms with Crippen molar-refractivity contribution in [3.05, 3.63) is 33.8 Å². The van der Waals surface area contributed by atoms with Gasteiger partial charge < -0.3 is 5.32 Å². The average Bonchev–Trinajstić information content (AvgIpc) is 3.03. The first-order chi connectivity index (χ1) is 8.62. The summed E-state index contributed by atoms with van der Waals surface area (Å²) in [7, 11) is 0. The van der Waals surface area contributed by atoms with Gasteiger partial charge in [0.25, 0.3) is 0 Å². The second kappa shape index (κ2) is 4.43. The predicted octanol–water partition coefficient (Wildman–Crippen LogP) is 3.69. The van der Waals surface area contributed by atoms with E-state index in [-0.39, 0.29) is 5.91 Å². The number of hydrogen-bond acceptors (Lipinski definition) is 1. The summed E-state index contributed by atoms with van der Waals surface area (Å²) in [6.45, 7) is 0. The lowest BCUT2D eigenvalue weighted by Crippen LogP contribution is -2.50. The van der Waals surface area contributed by atoms with Crippen LogP contribution in [0.1, 0.15) is 37.7 Å². The number of carbonyl (C=O) groups excluding carboxylic acids is 1. The lowest BCUT2D eigenvalue weighted by atomic mass is 9.63. The Kier molecular flexibility index (Phi) is 3.03. The van der Waals surface area contributed by atoms with Crippen molar-refractivity contribution in [2.45, 2.75) is 43.6 Å². The fraction of sp³-hybridized carbons (Fsp3) is 0.500. The number of halogens is 2. The van der Waals surface area contributed by atoms with Gasteiger partial charge in [-0.25, -0.2) is 0 Å². The van der Waals surface area contributed by atoms with Crippen LogP contribution in [-0.2, 0) is 10.2 Å². The van der Waals surface area contributed by atoms with Crippen LogP contribution >= 0.6 is 23.2 Å². The fourth-order valence-corrected chi connectivity index (χ4v) is 3.17. The molecule has 1 amide bonds. The first-order valence-electron chi connectivity index (χ1n) is 6.38. The first kappa shape index (κ1) is 12.3. The molecular weight excluding hydrogens is 269 g/mol. The second-order valence-corrected chi connectivity index (χ2v) is 6.15. The van der Waals surface area contributed by atoms with E-state index in [9.17, 15) is 4.79 Å². The van der Waals surface area contributed by atoms with E-state index in [1.54, 1.807) is 6.07 Å². The van der Waals surface area contributed by atoms with Gasteiger partial charge in [-0.3, -0.25) is 4.79 Å². The highest BCUT2D eigenvalue weighted by Crippen LogP contribution is 2.47. The Morgan fingerprint density at radius 3 is 2.50 bits per heavy atom. The van der Waals surface area contributed by atoms with Crippen LogP contribution in [0.4, 0.5) is 0 Å². The summed E-state index contributed by atoms with van der Waals surface area (Å²) >= 11 is 12.2. The SMILES string of the molecule is O=C(NC1CC1)C1(c2ccc(Cl)cc2Cl)CCC1. The fourth-order valence-electron chi connectivity index (χ4n) is 2.58. The lowest BCUT2D eigenvalue weighted by molar-refractivity contribution is -0.130. The highest BCUT2D eigenvalue weighted by Gasteiger charge is 2.47. The highest BCUT2D eigenvalue weighted by atomic mass is 35.5. The van der Waals surface area contributed by atoms with E-state index in [2.05, 4.69) is 5.32 Å². The van der Waals surface area contributed by atoms with Crippen LogP contribution < -0.4 is 5.32 Å². The molecule has 0 aliphatic heterocycles. The Labute approximate surface area is 117 Å². The van der Waals surface area contributed by atoms with Gasteiger partial charge in [0.1, 0.15) is 0 Å². The second-order valence-electron chi connectivity index (χ2n) is 5.31. The standard InChI is InChI=1S/C14H15Cl2NO/c15-9-2-5-11(12(16)8-9)14(6-1-7-14)13(18)17-10-3-4-10/h2,5,8,10H,1,3-4,6-7H2,(H,17,18). The van der Waals surface area contributed by atoms with Gasteiger partial charge in [0.05, 0.1) is 5.41 Å². The number of benzene rings is 1. The van der Waals surface area contributed by atoms with E-state index in [0.29, 0.717) is 16.1 Å². The lowest BCUT2D eigenvalue weighted by Gasteiger charge is -2.41. The molecule has 1 aromatic carbocycles. The van der Waals surface area contributed by atoms with Gasteiger partial charge >= 0.3 is 0 Å². The Balaban J connectivity index is 1.92. The maximum atomic E-state index is 12.4. The molecule has 0 bridgehead atoms. The Hall–Kier alpha value is -0.730. The van der Waals surface area contributed by atoms with E-state index in [0.717, 1.165) is 37.7 Å². The molecule has 2 fully saturated rings. The summed E-state index contributed by atoms with van der Waals surface area (Å²) < 4.78 is 0. The molecule has 1 aromatic rings. The van der Waals surface area contributed by atoms with Crippen molar-refractivity contribution < 1.29 is 4.79 Å². The van der Waals surface area contributed by atoms with E-state index >= 15 is 0 Å². The molecule has 4 heteroatoms. The normalized spacial score (nSPS) is 21.2. The molecule has 1 N–H and O–H groups in total. The summed E-state index contributed by atoms with van der Waals surface area (Å²) in [5, 5.41) is 4.32. The minimum Gasteiger partial charge on any atom is -0.353 e. The zero-order valence-corrected chi connectivity index (χ0v) is 11.5. The third kappa shape index (κ3) is 2.02. The molecule has 0 saturated heterocycles. The summed E-state index contributed by atoms with van der Waals surface area (Å²) in [4.78, 5) is 12.4. The largest absolute Gasteiger partial charge is 0.353 e. The van der Waals surface area contributed by atoms with Crippen molar-refractivity contribution in [2.75, 3.05) is 0 Å². The molecule has 3 rings (SSSR count). The van der Waals surface area contributed by atoms with E-state index in [1.807, 2.05) is 12.1 Å². The van der Waals surface area contributed by atoms with Gasteiger partial charge in [0.15, 0.2) is 0 Å². The summed E-state index contributed by atoms with van der Waals surface area (Å²) in [5.41, 5.74) is 0.516. The molecule has 2 nitrogen and oxygen atoms in total. The molecule has 0 aromatic heterocycles. The van der Waals surface area contributed by atoms with Crippen molar-refractivity contribution in [1.82, 2.24) is 5.32 Å². The van der Waals surface area contributed by atoms with Gasteiger partial charge in [-0.05, 0) is 43.4 Å². The monoisotopic (exact) mass is 283 g/mol. The van der Waals surface area contributed by atoms with Crippen LogP contribution in [0, 0.1) is 0 Å². The van der Waals surface area contributed by atoms with Gasteiger partial charge in [-0.2, -0.15) is 0 Å². The number of rotatable bonds is 3. The van der Waals surface area contributed by atoms with Crippen molar-refractivity contribution >= 4 is 29.1 Å². The van der Waals surface area contributed by atoms with Crippen molar-refractivity contribution in [3.63, 3.8) is 0 Å². The molecule has 0 atom stereocenters. The van der Waals surface area contributed by atoms with Crippen LogP contribution in [0.2, 0.25) is 10.0 Å². The third-order valence-corrected chi connectivity index (χ3v) is 4.55. The van der Waals surface area contributed by atoms with Crippen LogP contribution in [0.5, 0.6) is 0 Å². The molecular formula is C14H15Cl2NO. The van der Waals surface area contributed by atoms with Crippen LogP contribution in [0.3, 0.4) is 0 Å². The third-order valence-electron chi connectivity index (χ3n) is 4.00. The van der Waals surface area contributed by atoms with Gasteiger partial charge in [0, 0.05) is 16.1 Å². The van der Waals surface area contributed by atoms with Crippen molar-refractivity contribution in [2.24, 2.45) is 0 Å². The summed E-state index contributed by atoms with van der Waals surface area (Å²) in [6, 6.07) is 5.83. The topological polar surface area (TPSA) is 29.1 Å². The number of nitrogens with one attached hydrogen (secondary N) is 1. The molecule has 0 heterocycles. The van der Waals surface area contributed by atoms with E-state index in [4.69, 9.17) is 23.2 Å². The molecule has 2 aliphatic rings. The summed E-state index contributed by atoms with van der Waals surface area (Å²) in [6.07, 6.45) is 5.06. The highest BCUT2D eigenvalue weighted by molar-refractivity contribution is 6.35. The quantitative estimate of drug-likeness (QED) is 0.901. The predicted molar refractivity (Wildman–Crippen MR) is 73.2 cm³/mol.